The van der Waals surface area contributed by atoms with Gasteiger partial charge < -0.3 is 20.2 Å². The van der Waals surface area contributed by atoms with Crippen molar-refractivity contribution < 1.29 is 9.90 Å². The molecule has 2 amide bonds. The molecule has 1 fully saturated rings. The largest absolute Gasteiger partial charge is 0.395 e. The number of aliphatic hydroxyl groups excluding tert-OH is 1. The molecule has 0 unspecified atom stereocenters. The molecule has 0 aromatic heterocycles. The van der Waals surface area contributed by atoms with Gasteiger partial charge in [0.05, 0.1) is 6.61 Å². The monoisotopic (exact) mass is 327 g/mol. The van der Waals surface area contributed by atoms with Crippen LogP contribution < -0.4 is 5.32 Å². The average molecular weight is 328 g/mol. The fourth-order valence-corrected chi connectivity index (χ4v) is 3.59. The molecule has 0 radical (unpaired) electrons. The first-order valence-corrected chi connectivity index (χ1v) is 9.12. The van der Waals surface area contributed by atoms with Crippen molar-refractivity contribution >= 4 is 6.03 Å². The zero-order chi connectivity index (χ0) is 17.3. The SMILES string of the molecule is CN(C)CC(C)(C)CNC(=O)N(CCO)CCC1CCCCC1. The van der Waals surface area contributed by atoms with Crippen LogP contribution >= 0.6 is 0 Å². The van der Waals surface area contributed by atoms with E-state index in [9.17, 15) is 9.90 Å². The van der Waals surface area contributed by atoms with E-state index in [2.05, 4.69) is 24.1 Å². The predicted octanol–water partition coefficient (Wildman–Crippen LogP) is 2.55. The summed E-state index contributed by atoms with van der Waals surface area (Å²) in [5, 5.41) is 12.3. The third-order valence-corrected chi connectivity index (χ3v) is 4.65. The van der Waals surface area contributed by atoms with E-state index in [4.69, 9.17) is 0 Å². The van der Waals surface area contributed by atoms with Gasteiger partial charge in [-0.3, -0.25) is 0 Å². The van der Waals surface area contributed by atoms with E-state index in [1.165, 1.54) is 32.1 Å². The zero-order valence-corrected chi connectivity index (χ0v) is 15.6. The van der Waals surface area contributed by atoms with Crippen molar-refractivity contribution in [2.45, 2.75) is 52.4 Å². The van der Waals surface area contributed by atoms with Crippen molar-refractivity contribution in [2.24, 2.45) is 11.3 Å². The molecule has 1 aliphatic carbocycles. The highest BCUT2D eigenvalue weighted by molar-refractivity contribution is 5.74. The van der Waals surface area contributed by atoms with Crippen LogP contribution in [-0.2, 0) is 0 Å². The third-order valence-electron chi connectivity index (χ3n) is 4.65. The molecule has 1 rings (SSSR count). The summed E-state index contributed by atoms with van der Waals surface area (Å²) >= 11 is 0. The maximum atomic E-state index is 12.4. The smallest absolute Gasteiger partial charge is 0.317 e. The molecule has 1 aliphatic rings. The van der Waals surface area contributed by atoms with E-state index in [1.54, 1.807) is 4.90 Å². The van der Waals surface area contributed by atoms with Crippen LogP contribution in [-0.4, -0.2) is 67.8 Å². The summed E-state index contributed by atoms with van der Waals surface area (Å²) in [6, 6.07) is -0.0401. The zero-order valence-electron chi connectivity index (χ0n) is 15.6. The Morgan fingerprint density at radius 3 is 2.39 bits per heavy atom. The maximum Gasteiger partial charge on any atom is 0.317 e. The lowest BCUT2D eigenvalue weighted by molar-refractivity contribution is 0.162. The Kier molecular flexibility index (Phi) is 8.92. The standard InChI is InChI=1S/C18H37N3O2/c1-18(2,15-20(3)4)14-19-17(23)21(12-13-22)11-10-16-8-6-5-7-9-16/h16,22H,5-15H2,1-4H3,(H,19,23). The van der Waals surface area contributed by atoms with Crippen molar-refractivity contribution in [2.75, 3.05) is 46.9 Å². The highest BCUT2D eigenvalue weighted by Gasteiger charge is 2.22. The van der Waals surface area contributed by atoms with E-state index < -0.39 is 0 Å². The molecule has 5 nitrogen and oxygen atoms in total. The van der Waals surface area contributed by atoms with Crippen molar-refractivity contribution in [3.63, 3.8) is 0 Å². The Balaban J connectivity index is 2.40. The Morgan fingerprint density at radius 1 is 1.17 bits per heavy atom. The molecule has 0 spiro atoms. The number of aliphatic hydroxyl groups is 1. The van der Waals surface area contributed by atoms with Crippen LogP contribution in [0.2, 0.25) is 0 Å². The van der Waals surface area contributed by atoms with Gasteiger partial charge >= 0.3 is 6.03 Å². The second-order valence-corrected chi connectivity index (χ2v) is 8.06. The van der Waals surface area contributed by atoms with Crippen molar-refractivity contribution in [1.29, 1.82) is 0 Å². The summed E-state index contributed by atoms with van der Waals surface area (Å²) in [6.45, 7) is 7.10. The summed E-state index contributed by atoms with van der Waals surface area (Å²) in [4.78, 5) is 16.3. The lowest BCUT2D eigenvalue weighted by atomic mass is 9.87. The molecule has 0 saturated heterocycles. The van der Waals surface area contributed by atoms with Gasteiger partial charge in [-0.05, 0) is 31.8 Å². The fourth-order valence-electron chi connectivity index (χ4n) is 3.59. The number of hydrogen-bond donors (Lipinski definition) is 2. The normalized spacial score (nSPS) is 16.6. The van der Waals surface area contributed by atoms with Crippen LogP contribution in [0.15, 0.2) is 0 Å². The summed E-state index contributed by atoms with van der Waals surface area (Å²) in [5.41, 5.74) is 0.0351. The van der Waals surface area contributed by atoms with Gasteiger partial charge in [0, 0.05) is 26.2 Å². The number of rotatable bonds is 9. The topological polar surface area (TPSA) is 55.8 Å². The lowest BCUT2D eigenvalue weighted by Gasteiger charge is -2.31. The van der Waals surface area contributed by atoms with Gasteiger partial charge in [0.2, 0.25) is 0 Å². The molecule has 2 N–H and O–H groups in total. The van der Waals surface area contributed by atoms with Gasteiger partial charge in [-0.1, -0.05) is 46.0 Å². The van der Waals surface area contributed by atoms with E-state index in [1.807, 2.05) is 14.1 Å². The maximum absolute atomic E-state index is 12.4. The molecular weight excluding hydrogens is 290 g/mol. The van der Waals surface area contributed by atoms with Crippen LogP contribution in [0.4, 0.5) is 4.79 Å². The number of nitrogens with one attached hydrogen (secondary N) is 1. The molecule has 0 aromatic rings. The molecule has 23 heavy (non-hydrogen) atoms. The minimum atomic E-state index is -0.0401. The van der Waals surface area contributed by atoms with Gasteiger partial charge in [-0.2, -0.15) is 0 Å². The number of carbonyl (C=O) groups is 1. The molecule has 0 bridgehead atoms. The summed E-state index contributed by atoms with van der Waals surface area (Å²) < 4.78 is 0. The van der Waals surface area contributed by atoms with Crippen molar-refractivity contribution in [3.8, 4) is 0 Å². The minimum Gasteiger partial charge on any atom is -0.395 e. The Labute approximate surface area is 142 Å². The van der Waals surface area contributed by atoms with Crippen LogP contribution in [0, 0.1) is 11.3 Å². The summed E-state index contributed by atoms with van der Waals surface area (Å²) in [5.74, 6) is 0.753. The second kappa shape index (κ2) is 10.1. The number of nitrogens with zero attached hydrogens (tertiary/aromatic N) is 2. The molecule has 0 atom stereocenters. The van der Waals surface area contributed by atoms with Crippen LogP contribution in [0.25, 0.3) is 0 Å². The molecule has 1 saturated carbocycles. The molecule has 0 heterocycles. The molecule has 136 valence electrons. The first-order valence-electron chi connectivity index (χ1n) is 9.12. The minimum absolute atomic E-state index is 0.0270. The van der Waals surface area contributed by atoms with Gasteiger partial charge in [0.15, 0.2) is 0 Å². The first-order chi connectivity index (χ1) is 10.8. The van der Waals surface area contributed by atoms with E-state index >= 15 is 0 Å². The highest BCUT2D eigenvalue weighted by atomic mass is 16.3. The summed E-state index contributed by atoms with van der Waals surface area (Å²) in [6.07, 6.45) is 7.67. The van der Waals surface area contributed by atoms with Crippen LogP contribution in [0.3, 0.4) is 0 Å². The van der Waals surface area contributed by atoms with Gasteiger partial charge in [-0.15, -0.1) is 0 Å². The van der Waals surface area contributed by atoms with E-state index in [0.717, 1.165) is 25.4 Å². The Morgan fingerprint density at radius 2 is 1.83 bits per heavy atom. The van der Waals surface area contributed by atoms with Gasteiger partial charge in [0.25, 0.3) is 0 Å². The fraction of sp³-hybridized carbons (Fsp3) is 0.944. The van der Waals surface area contributed by atoms with Gasteiger partial charge in [0.1, 0.15) is 0 Å². The highest BCUT2D eigenvalue weighted by Crippen LogP contribution is 2.26. The molecule has 5 heteroatoms. The number of hydrogen-bond acceptors (Lipinski definition) is 3. The first kappa shape index (κ1) is 20.2. The second-order valence-electron chi connectivity index (χ2n) is 8.06. The summed E-state index contributed by atoms with van der Waals surface area (Å²) in [7, 11) is 4.09. The predicted molar refractivity (Wildman–Crippen MR) is 95.6 cm³/mol. The quantitative estimate of drug-likeness (QED) is 0.684. The van der Waals surface area contributed by atoms with E-state index in [-0.39, 0.29) is 18.1 Å². The van der Waals surface area contributed by atoms with Crippen molar-refractivity contribution in [1.82, 2.24) is 15.1 Å². The lowest BCUT2D eigenvalue weighted by Crippen LogP contribution is -2.47. The average Bonchev–Trinajstić information content (AvgIpc) is 2.49. The Bertz CT molecular complexity index is 339. The van der Waals surface area contributed by atoms with Crippen molar-refractivity contribution in [3.05, 3.63) is 0 Å². The molecule has 0 aromatic carbocycles. The number of carbonyl (C=O) groups excluding carboxylic acids is 1. The number of amides is 2. The molecule has 0 aliphatic heterocycles. The Hall–Kier alpha value is -0.810. The number of urea groups is 1. The third kappa shape index (κ3) is 8.56. The van der Waals surface area contributed by atoms with Gasteiger partial charge in [-0.25, -0.2) is 4.79 Å². The molecular formula is C18H37N3O2. The van der Waals surface area contributed by atoms with Crippen LogP contribution in [0.1, 0.15) is 52.4 Å². The van der Waals surface area contributed by atoms with E-state index in [0.29, 0.717) is 13.1 Å². The van der Waals surface area contributed by atoms with Crippen LogP contribution in [0.5, 0.6) is 0 Å².